The van der Waals surface area contributed by atoms with E-state index in [0.717, 1.165) is 5.69 Å². The minimum Gasteiger partial charge on any atom is -0.493 e. The second kappa shape index (κ2) is 9.28. The van der Waals surface area contributed by atoms with Crippen molar-refractivity contribution in [1.29, 1.82) is 0 Å². The molecule has 6 nitrogen and oxygen atoms in total. The summed E-state index contributed by atoms with van der Waals surface area (Å²) in [5.74, 6) is -0.482. The maximum Gasteiger partial charge on any atom is 0.437 e. The van der Waals surface area contributed by atoms with E-state index in [-0.39, 0.29) is 16.5 Å². The molecule has 0 unspecified atom stereocenters. The standard InChI is InChI=1S/C22H23F3N2O4/c1-3-5-16-18(11-10-17-19(16)31-26-20(17)22(23,24)25)30-13-4-12-27(2)15-8-6-14(7-9-15)21(28)29/h6-11H,3-5,12-13H2,1-2H3,(H,28,29). The Kier molecular flexibility index (Phi) is 6.72. The number of aryl methyl sites for hydroxylation is 1. The lowest BCUT2D eigenvalue weighted by Gasteiger charge is -2.20. The van der Waals surface area contributed by atoms with Gasteiger partial charge in [0.2, 0.25) is 0 Å². The SMILES string of the molecule is CCCc1c(OCCCN(C)c2ccc(C(=O)O)cc2)ccc2c(C(F)(F)F)noc12. The van der Waals surface area contributed by atoms with Crippen LogP contribution in [0.1, 0.15) is 41.4 Å². The van der Waals surface area contributed by atoms with Gasteiger partial charge in [-0.05, 0) is 49.2 Å². The van der Waals surface area contributed by atoms with Crippen molar-refractivity contribution in [3.8, 4) is 5.75 Å². The topological polar surface area (TPSA) is 75.8 Å². The molecule has 0 radical (unpaired) electrons. The number of anilines is 1. The van der Waals surface area contributed by atoms with Gasteiger partial charge in [0.25, 0.3) is 0 Å². The summed E-state index contributed by atoms with van der Waals surface area (Å²) in [6.07, 6.45) is -2.70. The summed E-state index contributed by atoms with van der Waals surface area (Å²) >= 11 is 0. The Hall–Kier alpha value is -3.23. The lowest BCUT2D eigenvalue weighted by Crippen LogP contribution is -2.20. The van der Waals surface area contributed by atoms with Crippen molar-refractivity contribution >= 4 is 22.6 Å². The van der Waals surface area contributed by atoms with Crippen LogP contribution in [-0.4, -0.2) is 36.4 Å². The summed E-state index contributed by atoms with van der Waals surface area (Å²) in [5.41, 5.74) is 0.768. The average molecular weight is 436 g/mol. The second-order valence-electron chi connectivity index (χ2n) is 7.17. The number of fused-ring (bicyclic) bond motifs is 1. The zero-order valence-corrected chi connectivity index (χ0v) is 17.2. The highest BCUT2D eigenvalue weighted by Gasteiger charge is 2.37. The molecule has 0 aliphatic rings. The summed E-state index contributed by atoms with van der Waals surface area (Å²) in [7, 11) is 1.89. The molecule has 3 aromatic rings. The Labute approximate surface area is 177 Å². The molecule has 2 aromatic carbocycles. The molecule has 9 heteroatoms. The second-order valence-corrected chi connectivity index (χ2v) is 7.17. The molecule has 0 aliphatic carbocycles. The molecule has 3 rings (SSSR count). The van der Waals surface area contributed by atoms with Crippen molar-refractivity contribution < 1.29 is 32.3 Å². The van der Waals surface area contributed by atoms with Crippen molar-refractivity contribution in [3.05, 3.63) is 53.2 Å². The number of halogens is 3. The van der Waals surface area contributed by atoms with E-state index >= 15 is 0 Å². The van der Waals surface area contributed by atoms with Crippen LogP contribution in [0.2, 0.25) is 0 Å². The highest BCUT2D eigenvalue weighted by atomic mass is 19.4. The first kappa shape index (κ1) is 22.5. The van der Waals surface area contributed by atoms with Gasteiger partial charge < -0.3 is 19.3 Å². The summed E-state index contributed by atoms with van der Waals surface area (Å²) in [6.45, 7) is 2.94. The van der Waals surface area contributed by atoms with E-state index in [1.165, 1.54) is 12.1 Å². The number of rotatable bonds is 9. The van der Waals surface area contributed by atoms with Crippen molar-refractivity contribution in [2.75, 3.05) is 25.1 Å². The monoisotopic (exact) mass is 436 g/mol. The average Bonchev–Trinajstić information content (AvgIpc) is 3.17. The lowest BCUT2D eigenvalue weighted by atomic mass is 10.0. The van der Waals surface area contributed by atoms with E-state index in [4.69, 9.17) is 14.4 Å². The third-order valence-corrected chi connectivity index (χ3v) is 4.92. The van der Waals surface area contributed by atoms with Gasteiger partial charge in [-0.1, -0.05) is 18.5 Å². The Morgan fingerprint density at radius 2 is 1.90 bits per heavy atom. The fourth-order valence-electron chi connectivity index (χ4n) is 3.34. The lowest BCUT2D eigenvalue weighted by molar-refractivity contribution is -0.141. The van der Waals surface area contributed by atoms with Crippen molar-refractivity contribution in [2.24, 2.45) is 0 Å². The van der Waals surface area contributed by atoms with Crippen molar-refractivity contribution in [1.82, 2.24) is 5.16 Å². The van der Waals surface area contributed by atoms with Crippen molar-refractivity contribution in [2.45, 2.75) is 32.4 Å². The van der Waals surface area contributed by atoms with E-state index in [1.54, 1.807) is 24.3 Å². The van der Waals surface area contributed by atoms with E-state index in [2.05, 4.69) is 5.16 Å². The third-order valence-electron chi connectivity index (χ3n) is 4.92. The molecule has 1 N–H and O–H groups in total. The quantitative estimate of drug-likeness (QED) is 0.453. The van der Waals surface area contributed by atoms with Gasteiger partial charge in [0, 0.05) is 24.8 Å². The van der Waals surface area contributed by atoms with Crippen LogP contribution in [0.5, 0.6) is 5.75 Å². The van der Waals surface area contributed by atoms with Gasteiger partial charge >= 0.3 is 12.1 Å². The minimum absolute atomic E-state index is 0.0622. The van der Waals surface area contributed by atoms with E-state index in [0.29, 0.717) is 43.7 Å². The summed E-state index contributed by atoms with van der Waals surface area (Å²) < 4.78 is 50.2. The molecule has 0 atom stereocenters. The first-order valence-corrected chi connectivity index (χ1v) is 9.88. The van der Waals surface area contributed by atoms with Crippen LogP contribution in [0.25, 0.3) is 11.0 Å². The van der Waals surface area contributed by atoms with E-state index in [1.807, 2.05) is 18.9 Å². The van der Waals surface area contributed by atoms with E-state index < -0.39 is 17.8 Å². The maximum atomic E-state index is 13.1. The zero-order valence-electron chi connectivity index (χ0n) is 17.2. The maximum absolute atomic E-state index is 13.1. The molecule has 0 spiro atoms. The summed E-state index contributed by atoms with van der Waals surface area (Å²) in [4.78, 5) is 12.9. The Morgan fingerprint density at radius 1 is 1.19 bits per heavy atom. The molecule has 0 amide bonds. The van der Waals surface area contributed by atoms with Gasteiger partial charge in [0.05, 0.1) is 17.6 Å². The van der Waals surface area contributed by atoms with Crippen LogP contribution in [0.3, 0.4) is 0 Å². The fraction of sp³-hybridized carbons (Fsp3) is 0.364. The molecule has 1 heterocycles. The van der Waals surface area contributed by atoms with E-state index in [9.17, 15) is 18.0 Å². The number of aromatic carboxylic acids is 1. The first-order valence-electron chi connectivity index (χ1n) is 9.88. The number of hydrogen-bond donors (Lipinski definition) is 1. The van der Waals surface area contributed by atoms with Gasteiger partial charge in [-0.2, -0.15) is 13.2 Å². The molecule has 0 bridgehead atoms. The minimum atomic E-state index is -4.58. The van der Waals surface area contributed by atoms with Gasteiger partial charge in [-0.3, -0.25) is 0 Å². The third kappa shape index (κ3) is 5.10. The van der Waals surface area contributed by atoms with Crippen molar-refractivity contribution in [3.63, 3.8) is 0 Å². The number of carboxylic acid groups (broad SMARTS) is 1. The van der Waals surface area contributed by atoms with Crippen LogP contribution >= 0.6 is 0 Å². The molecule has 166 valence electrons. The predicted molar refractivity (Wildman–Crippen MR) is 110 cm³/mol. The molecular weight excluding hydrogens is 413 g/mol. The van der Waals surface area contributed by atoms with Crippen LogP contribution in [-0.2, 0) is 12.6 Å². The Bertz CT molecular complexity index is 1050. The van der Waals surface area contributed by atoms with Crippen LogP contribution < -0.4 is 9.64 Å². The number of ether oxygens (including phenoxy) is 1. The van der Waals surface area contributed by atoms with Gasteiger partial charge in [0.1, 0.15) is 5.75 Å². The number of carboxylic acids is 1. The van der Waals surface area contributed by atoms with Crippen LogP contribution in [0, 0.1) is 0 Å². The molecule has 0 saturated heterocycles. The highest BCUT2D eigenvalue weighted by Crippen LogP contribution is 2.38. The number of hydrogen-bond acceptors (Lipinski definition) is 5. The number of aromatic nitrogens is 1. The highest BCUT2D eigenvalue weighted by molar-refractivity contribution is 5.88. The molecule has 31 heavy (non-hydrogen) atoms. The largest absolute Gasteiger partial charge is 0.493 e. The van der Waals surface area contributed by atoms with Gasteiger partial charge in [-0.25, -0.2) is 4.79 Å². The number of nitrogens with zero attached hydrogens (tertiary/aromatic N) is 2. The molecule has 0 saturated carbocycles. The first-order chi connectivity index (χ1) is 14.7. The number of carbonyl (C=O) groups is 1. The summed E-state index contributed by atoms with van der Waals surface area (Å²) in [6, 6.07) is 9.43. The Morgan fingerprint density at radius 3 is 2.52 bits per heavy atom. The number of alkyl halides is 3. The molecule has 0 fully saturated rings. The predicted octanol–water partition coefficient (Wildman–Crippen LogP) is 5.40. The molecule has 1 aromatic heterocycles. The molecular formula is C22H23F3N2O4. The molecule has 0 aliphatic heterocycles. The van der Waals surface area contributed by atoms with Gasteiger partial charge in [0.15, 0.2) is 11.3 Å². The normalized spacial score (nSPS) is 11.6. The van der Waals surface area contributed by atoms with Gasteiger partial charge in [-0.15, -0.1) is 0 Å². The zero-order chi connectivity index (χ0) is 22.6. The fourth-order valence-corrected chi connectivity index (χ4v) is 3.34. The Balaban J connectivity index is 1.65. The summed E-state index contributed by atoms with van der Waals surface area (Å²) in [5, 5.41) is 12.1. The van der Waals surface area contributed by atoms with Crippen LogP contribution in [0.15, 0.2) is 40.9 Å². The number of benzene rings is 2. The smallest absolute Gasteiger partial charge is 0.437 e. The van der Waals surface area contributed by atoms with Crippen LogP contribution in [0.4, 0.5) is 18.9 Å².